The van der Waals surface area contributed by atoms with Crippen molar-refractivity contribution in [1.29, 1.82) is 0 Å². The Hall–Kier alpha value is -1.82. The van der Waals surface area contributed by atoms with Crippen LogP contribution < -0.4 is 0 Å². The van der Waals surface area contributed by atoms with E-state index in [1.54, 1.807) is 5.56 Å². The van der Waals surface area contributed by atoms with Crippen molar-refractivity contribution in [3.63, 3.8) is 0 Å². The summed E-state index contributed by atoms with van der Waals surface area (Å²) in [5.41, 5.74) is 7.54. The molecule has 0 heterocycles. The highest BCUT2D eigenvalue weighted by molar-refractivity contribution is 5.24. The van der Waals surface area contributed by atoms with Gasteiger partial charge in [-0.15, -0.1) is 0 Å². The molecule has 2 saturated carbocycles. The molecule has 4 rings (SSSR count). The van der Waals surface area contributed by atoms with Gasteiger partial charge >= 0.3 is 0 Å². The molecule has 0 amide bonds. The molecule has 30 heavy (non-hydrogen) atoms. The summed E-state index contributed by atoms with van der Waals surface area (Å²) < 4.78 is 0. The van der Waals surface area contributed by atoms with Crippen molar-refractivity contribution in [2.75, 3.05) is 0 Å². The van der Waals surface area contributed by atoms with Crippen molar-refractivity contribution in [3.05, 3.63) is 82.9 Å². The number of allylic oxidation sites excluding steroid dienone is 1. The highest BCUT2D eigenvalue weighted by Crippen LogP contribution is 2.33. The molecule has 0 aliphatic heterocycles. The highest BCUT2D eigenvalue weighted by Gasteiger charge is 2.22. The second kappa shape index (κ2) is 10.5. The van der Waals surface area contributed by atoms with Crippen LogP contribution in [0.15, 0.2) is 60.7 Å². The lowest BCUT2D eigenvalue weighted by molar-refractivity contribution is 0.272. The van der Waals surface area contributed by atoms with E-state index in [1.165, 1.54) is 92.9 Å². The van der Waals surface area contributed by atoms with Crippen molar-refractivity contribution in [1.82, 2.24) is 0 Å². The molecule has 0 N–H and O–H groups in total. The summed E-state index contributed by atoms with van der Waals surface area (Å²) >= 11 is 0. The van der Waals surface area contributed by atoms with Gasteiger partial charge in [0.1, 0.15) is 0 Å². The van der Waals surface area contributed by atoms with Crippen LogP contribution in [-0.4, -0.2) is 0 Å². The van der Waals surface area contributed by atoms with Gasteiger partial charge in [-0.25, -0.2) is 0 Å². The van der Waals surface area contributed by atoms with Crippen LogP contribution in [0.4, 0.5) is 0 Å². The Morgan fingerprint density at radius 3 is 1.27 bits per heavy atom. The van der Waals surface area contributed by atoms with Crippen LogP contribution in [-0.2, 0) is 25.7 Å². The lowest BCUT2D eigenvalue weighted by Crippen LogP contribution is -2.18. The van der Waals surface area contributed by atoms with E-state index >= 15 is 0 Å². The molecule has 2 fully saturated rings. The molecule has 2 aliphatic carbocycles. The standard InChI is InChI=1S/C30H40/c1-3-24-8-10-26(11-9-24)21-28-16-18-30(19-17-28)22-29-14-12-27(13-15-29)20-25-6-4-23(2)5-7-25/h8-15,25,28,30H,2-7,16-22H2,1H3. The third-order valence-electron chi connectivity index (χ3n) is 7.81. The van der Waals surface area contributed by atoms with Gasteiger partial charge in [-0.1, -0.05) is 67.6 Å². The Labute approximate surface area is 184 Å². The fourth-order valence-electron chi connectivity index (χ4n) is 5.65. The van der Waals surface area contributed by atoms with Gasteiger partial charge in [0.15, 0.2) is 0 Å². The molecule has 2 aromatic rings. The molecule has 0 atom stereocenters. The fourth-order valence-corrected chi connectivity index (χ4v) is 5.65. The van der Waals surface area contributed by atoms with Crippen LogP contribution in [0.3, 0.4) is 0 Å². The maximum absolute atomic E-state index is 4.15. The summed E-state index contributed by atoms with van der Waals surface area (Å²) in [6, 6.07) is 19.0. The molecule has 2 aliphatic rings. The molecule has 2 aromatic carbocycles. The largest absolute Gasteiger partial charge is 0.0999 e. The van der Waals surface area contributed by atoms with E-state index in [0.717, 1.165) is 24.2 Å². The average Bonchev–Trinajstić information content (AvgIpc) is 2.78. The number of rotatable bonds is 7. The number of benzene rings is 2. The highest BCUT2D eigenvalue weighted by atomic mass is 14.3. The molecule has 0 radical (unpaired) electrons. The van der Waals surface area contributed by atoms with E-state index in [1.807, 2.05) is 0 Å². The maximum atomic E-state index is 4.15. The zero-order valence-electron chi connectivity index (χ0n) is 19.0. The van der Waals surface area contributed by atoms with Crippen molar-refractivity contribution in [3.8, 4) is 0 Å². The molecule has 0 saturated heterocycles. The minimum Gasteiger partial charge on any atom is -0.0999 e. The molecule has 0 aromatic heterocycles. The minimum atomic E-state index is 0.870. The zero-order chi connectivity index (χ0) is 20.8. The van der Waals surface area contributed by atoms with Crippen LogP contribution in [0, 0.1) is 17.8 Å². The molecular formula is C30H40. The second-order valence-corrected chi connectivity index (χ2v) is 10.2. The van der Waals surface area contributed by atoms with Gasteiger partial charge in [0.05, 0.1) is 0 Å². The van der Waals surface area contributed by atoms with E-state index in [9.17, 15) is 0 Å². The Kier molecular flexibility index (Phi) is 7.47. The van der Waals surface area contributed by atoms with Gasteiger partial charge in [-0.2, -0.15) is 0 Å². The monoisotopic (exact) mass is 400 g/mol. The van der Waals surface area contributed by atoms with Crippen LogP contribution in [0.1, 0.15) is 80.5 Å². The Morgan fingerprint density at radius 1 is 0.567 bits per heavy atom. The van der Waals surface area contributed by atoms with E-state index in [2.05, 4.69) is 62.0 Å². The first kappa shape index (κ1) is 21.4. The summed E-state index contributed by atoms with van der Waals surface area (Å²) in [5.74, 6) is 2.65. The van der Waals surface area contributed by atoms with Gasteiger partial charge in [0, 0.05) is 0 Å². The first-order valence-electron chi connectivity index (χ1n) is 12.5. The SMILES string of the molecule is C=C1CCC(Cc2ccc(CC3CCC(Cc4ccc(CC)cc4)CC3)cc2)CC1. The predicted octanol–water partition coefficient (Wildman–Crippen LogP) is 8.13. The minimum absolute atomic E-state index is 0.870. The fraction of sp³-hybridized carbons (Fsp3) is 0.533. The lowest BCUT2D eigenvalue weighted by Gasteiger charge is -2.29. The molecule has 0 unspecified atom stereocenters. The zero-order valence-corrected chi connectivity index (χ0v) is 19.0. The molecular weight excluding hydrogens is 360 g/mol. The third-order valence-corrected chi connectivity index (χ3v) is 7.81. The van der Waals surface area contributed by atoms with Gasteiger partial charge in [-0.05, 0) is 117 Å². The van der Waals surface area contributed by atoms with Gasteiger partial charge < -0.3 is 0 Å². The maximum Gasteiger partial charge on any atom is -0.0250 e. The van der Waals surface area contributed by atoms with Gasteiger partial charge in [-0.3, -0.25) is 0 Å². The molecule has 0 bridgehead atoms. The van der Waals surface area contributed by atoms with Crippen molar-refractivity contribution >= 4 is 0 Å². The van der Waals surface area contributed by atoms with Crippen LogP contribution in [0.5, 0.6) is 0 Å². The average molecular weight is 401 g/mol. The third kappa shape index (κ3) is 6.10. The number of hydrogen-bond acceptors (Lipinski definition) is 0. The number of hydrogen-bond donors (Lipinski definition) is 0. The molecule has 0 heteroatoms. The van der Waals surface area contributed by atoms with E-state index in [4.69, 9.17) is 0 Å². The smallest absolute Gasteiger partial charge is 0.0250 e. The van der Waals surface area contributed by atoms with Crippen molar-refractivity contribution in [2.24, 2.45) is 17.8 Å². The van der Waals surface area contributed by atoms with Crippen molar-refractivity contribution in [2.45, 2.75) is 84.0 Å². The normalized spacial score (nSPS) is 22.9. The summed E-state index contributed by atoms with van der Waals surface area (Å²) in [7, 11) is 0. The molecule has 0 spiro atoms. The van der Waals surface area contributed by atoms with E-state index < -0.39 is 0 Å². The number of aryl methyl sites for hydroxylation is 1. The Morgan fingerprint density at radius 2 is 0.900 bits per heavy atom. The van der Waals surface area contributed by atoms with E-state index in [-0.39, 0.29) is 0 Å². The molecule has 160 valence electrons. The quantitative estimate of drug-likeness (QED) is 0.411. The van der Waals surface area contributed by atoms with Crippen LogP contribution in [0.2, 0.25) is 0 Å². The van der Waals surface area contributed by atoms with E-state index in [0.29, 0.717) is 0 Å². The summed E-state index contributed by atoms with van der Waals surface area (Å²) in [6.45, 7) is 6.39. The lowest BCUT2D eigenvalue weighted by atomic mass is 9.77. The summed E-state index contributed by atoms with van der Waals surface area (Å²) in [4.78, 5) is 0. The van der Waals surface area contributed by atoms with Gasteiger partial charge in [0.25, 0.3) is 0 Å². The Bertz CT molecular complexity index is 777. The second-order valence-electron chi connectivity index (χ2n) is 10.2. The first-order chi connectivity index (χ1) is 14.7. The topological polar surface area (TPSA) is 0 Å². The molecule has 0 nitrogen and oxygen atoms in total. The first-order valence-corrected chi connectivity index (χ1v) is 12.5. The van der Waals surface area contributed by atoms with Crippen LogP contribution >= 0.6 is 0 Å². The van der Waals surface area contributed by atoms with Crippen molar-refractivity contribution < 1.29 is 0 Å². The van der Waals surface area contributed by atoms with Gasteiger partial charge in [0.2, 0.25) is 0 Å². The predicted molar refractivity (Wildman–Crippen MR) is 130 cm³/mol. The van der Waals surface area contributed by atoms with Crippen LogP contribution in [0.25, 0.3) is 0 Å². The summed E-state index contributed by atoms with van der Waals surface area (Å²) in [5, 5.41) is 0. The Balaban J connectivity index is 1.20. The summed E-state index contributed by atoms with van der Waals surface area (Å²) in [6.07, 6.45) is 15.8.